The number of oxime groups is 1. The number of ether oxygens (including phenoxy) is 5. The molecule has 12 heteroatoms. The fourth-order valence-corrected chi connectivity index (χ4v) is 10.9. The monoisotopic (exact) mass is 981 g/mol. The molecule has 1 fully saturated rings. The molecule has 1 saturated carbocycles. The van der Waals surface area contributed by atoms with Gasteiger partial charge in [-0.2, -0.15) is 0 Å². The summed E-state index contributed by atoms with van der Waals surface area (Å²) in [7, 11) is 0. The summed E-state index contributed by atoms with van der Waals surface area (Å²) in [5.41, 5.74) is 5.88. The van der Waals surface area contributed by atoms with Crippen LogP contribution < -0.4 is 9.47 Å². The zero-order valence-electron chi connectivity index (χ0n) is 43.1. The number of aliphatic hydroxyl groups is 3. The second-order valence-corrected chi connectivity index (χ2v) is 19.7. The van der Waals surface area contributed by atoms with E-state index in [9.17, 15) is 20.1 Å². The highest BCUT2D eigenvalue weighted by molar-refractivity contribution is 6.03. The molecule has 0 radical (unpaired) electrons. The molecule has 3 N–H and O–H groups in total. The van der Waals surface area contributed by atoms with Crippen molar-refractivity contribution in [2.75, 3.05) is 52.8 Å². The highest BCUT2D eigenvalue weighted by Crippen LogP contribution is 2.62. The van der Waals surface area contributed by atoms with Crippen molar-refractivity contribution >= 4 is 11.8 Å². The maximum absolute atomic E-state index is 14.9. The first-order valence-corrected chi connectivity index (χ1v) is 26.9. The molecular weight excluding hydrogens is 897 g/mol. The minimum atomic E-state index is -1.47. The fourth-order valence-electron chi connectivity index (χ4n) is 10.9. The van der Waals surface area contributed by atoms with E-state index in [-0.39, 0.29) is 83.6 Å². The molecule has 3 aromatic carbocycles. The van der Waals surface area contributed by atoms with Crippen molar-refractivity contribution in [1.82, 2.24) is 4.90 Å². The summed E-state index contributed by atoms with van der Waals surface area (Å²) in [6, 6.07) is 21.2. The van der Waals surface area contributed by atoms with Crippen LogP contribution in [0, 0.1) is 31.6 Å². The Labute approximate surface area is 424 Å². The second kappa shape index (κ2) is 29.7. The molecule has 0 spiro atoms. The van der Waals surface area contributed by atoms with Crippen LogP contribution in [0.2, 0.25) is 0 Å². The Morgan fingerprint density at radius 3 is 2.21 bits per heavy atom. The zero-order valence-corrected chi connectivity index (χ0v) is 43.1. The molecule has 1 aliphatic heterocycles. The van der Waals surface area contributed by atoms with Crippen molar-refractivity contribution in [3.05, 3.63) is 113 Å². The number of aliphatic hydroxyl groups excluding tert-OH is 3. The summed E-state index contributed by atoms with van der Waals surface area (Å²) in [6.07, 6.45) is 20.0. The maximum atomic E-state index is 14.9. The topological polar surface area (TPSA) is 149 Å². The minimum absolute atomic E-state index is 0.0371. The van der Waals surface area contributed by atoms with Gasteiger partial charge in [-0.3, -0.25) is 4.90 Å². The molecule has 3 aliphatic rings. The average Bonchev–Trinajstić information content (AvgIpc) is 3.38. The van der Waals surface area contributed by atoms with Gasteiger partial charge >= 0.3 is 6.09 Å². The molecule has 0 saturated heterocycles. The molecule has 2 aliphatic carbocycles. The Kier molecular flexibility index (Phi) is 23.3. The van der Waals surface area contributed by atoms with Gasteiger partial charge in [-0.1, -0.05) is 131 Å². The summed E-state index contributed by atoms with van der Waals surface area (Å²) >= 11 is 0. The van der Waals surface area contributed by atoms with Crippen molar-refractivity contribution < 1.29 is 48.6 Å². The lowest BCUT2D eigenvalue weighted by atomic mass is 9.55. The number of carbonyl (C=O) groups is 1. The Balaban J connectivity index is 1.45. The van der Waals surface area contributed by atoms with Gasteiger partial charge < -0.3 is 43.8 Å². The van der Waals surface area contributed by atoms with E-state index in [0.29, 0.717) is 30.1 Å². The van der Waals surface area contributed by atoms with Crippen LogP contribution in [0.5, 0.6) is 17.2 Å². The molecular formula is C59H84N2O10. The van der Waals surface area contributed by atoms with Crippen LogP contribution in [0.3, 0.4) is 0 Å². The number of allylic oxidation sites excluding steroid dienone is 1. The van der Waals surface area contributed by atoms with Crippen LogP contribution in [0.25, 0.3) is 0 Å². The SMILES string of the molecule is C=CCO[C@@]12Oc3ccc(Oc4ccc(C)c(C)c4)cc3[C@H]3[C@H](CCCCO)[C@@H](CCCCO)C=C(C(=NOCc4ccccc4)C[C@@H]1N(CCOCCO)C(=O)OCCCCCCCCCCCC)[C@H]32. The van der Waals surface area contributed by atoms with E-state index in [1.165, 1.54) is 50.5 Å². The molecule has 0 bridgehead atoms. The third kappa shape index (κ3) is 15.4. The number of amides is 1. The highest BCUT2D eigenvalue weighted by Gasteiger charge is 2.65. The van der Waals surface area contributed by atoms with Gasteiger partial charge in [0.1, 0.15) is 29.9 Å². The quantitative estimate of drug-likeness (QED) is 0.0306. The van der Waals surface area contributed by atoms with Crippen molar-refractivity contribution in [2.24, 2.45) is 22.9 Å². The molecule has 0 unspecified atom stereocenters. The van der Waals surface area contributed by atoms with Gasteiger partial charge in [0.25, 0.3) is 0 Å². The van der Waals surface area contributed by atoms with Crippen molar-refractivity contribution in [2.45, 2.75) is 154 Å². The van der Waals surface area contributed by atoms with E-state index in [1.54, 1.807) is 11.0 Å². The first kappa shape index (κ1) is 55.6. The molecule has 71 heavy (non-hydrogen) atoms. The number of hydrogen-bond donors (Lipinski definition) is 3. The van der Waals surface area contributed by atoms with Crippen molar-refractivity contribution in [3.63, 3.8) is 0 Å². The van der Waals surface area contributed by atoms with Crippen molar-refractivity contribution in [3.8, 4) is 17.2 Å². The van der Waals surface area contributed by atoms with Crippen LogP contribution >= 0.6 is 0 Å². The zero-order chi connectivity index (χ0) is 50.3. The Morgan fingerprint density at radius 2 is 1.51 bits per heavy atom. The summed E-state index contributed by atoms with van der Waals surface area (Å²) in [4.78, 5) is 22.9. The number of unbranched alkanes of at least 4 members (excludes halogenated alkanes) is 11. The van der Waals surface area contributed by atoms with E-state index in [2.05, 4.69) is 45.6 Å². The van der Waals surface area contributed by atoms with Gasteiger partial charge in [-0.05, 0) is 110 Å². The van der Waals surface area contributed by atoms with Crippen LogP contribution in [-0.2, 0) is 25.7 Å². The van der Waals surface area contributed by atoms with E-state index in [0.717, 1.165) is 73.0 Å². The summed E-state index contributed by atoms with van der Waals surface area (Å²) in [5.74, 6) is -0.0733. The van der Waals surface area contributed by atoms with Crippen molar-refractivity contribution in [1.29, 1.82) is 0 Å². The van der Waals surface area contributed by atoms with Crippen LogP contribution in [0.15, 0.2) is 96.2 Å². The van der Waals surface area contributed by atoms with Gasteiger partial charge in [-0.25, -0.2) is 4.79 Å². The molecule has 0 aromatic heterocycles. The minimum Gasteiger partial charge on any atom is -0.459 e. The molecule has 6 rings (SSSR count). The largest absolute Gasteiger partial charge is 0.459 e. The van der Waals surface area contributed by atoms with Gasteiger partial charge in [0.2, 0.25) is 5.79 Å². The van der Waals surface area contributed by atoms with Crippen LogP contribution in [0.4, 0.5) is 4.79 Å². The summed E-state index contributed by atoms with van der Waals surface area (Å²) in [6.45, 7) is 11.6. The van der Waals surface area contributed by atoms with Crippen LogP contribution in [0.1, 0.15) is 144 Å². The number of rotatable bonds is 33. The lowest BCUT2D eigenvalue weighted by molar-refractivity contribution is -0.256. The number of aryl methyl sites for hydroxylation is 2. The number of fused-ring (bicyclic) bond motifs is 2. The van der Waals surface area contributed by atoms with E-state index >= 15 is 0 Å². The third-order valence-corrected chi connectivity index (χ3v) is 14.7. The molecule has 12 nitrogen and oxygen atoms in total. The van der Waals surface area contributed by atoms with Gasteiger partial charge in [0.15, 0.2) is 0 Å². The second-order valence-electron chi connectivity index (χ2n) is 19.7. The predicted octanol–water partition coefficient (Wildman–Crippen LogP) is 12.3. The number of carbonyl (C=O) groups excluding carboxylic acids is 1. The first-order valence-electron chi connectivity index (χ1n) is 26.9. The Hall–Kier alpha value is -4.72. The maximum Gasteiger partial charge on any atom is 0.410 e. The Morgan fingerprint density at radius 1 is 0.803 bits per heavy atom. The molecule has 390 valence electrons. The van der Waals surface area contributed by atoms with Gasteiger partial charge in [0, 0.05) is 37.7 Å². The van der Waals surface area contributed by atoms with Gasteiger partial charge in [0.05, 0.1) is 44.7 Å². The first-order chi connectivity index (χ1) is 34.8. The predicted molar refractivity (Wildman–Crippen MR) is 280 cm³/mol. The summed E-state index contributed by atoms with van der Waals surface area (Å²) < 4.78 is 33.3. The standard InChI is InChI=1S/C59H84N2O10/c1-5-7-8-9-10-11-12-13-14-22-36-67-58(65)61(31-37-66-38-34-64)55-42-53(60-69-43-46-23-16-15-17-24-46)51-40-47(25-18-20-32-62)50(26-19-21-33-63)56-52-41-49(70-48-28-27-44(3)45(4)39-48)29-30-54(52)71-59(55,57(51)56)68-35-6-2/h6,15-17,23-24,27-30,39-41,47,50,55-57,62-64H,2,5,7-14,18-22,25-26,31-38,42-43H2,1,3-4H3/t47-,50+,55-,56+,57+,59+/m0/s1. The number of nitrogens with zero attached hydrogens (tertiary/aromatic N) is 2. The lowest BCUT2D eigenvalue weighted by Gasteiger charge is -2.59. The number of hydrogen-bond acceptors (Lipinski definition) is 11. The lowest BCUT2D eigenvalue weighted by Crippen LogP contribution is -2.70. The van der Waals surface area contributed by atoms with Crippen LogP contribution in [-0.4, -0.2) is 96.6 Å². The van der Waals surface area contributed by atoms with E-state index in [1.807, 2.05) is 54.6 Å². The van der Waals surface area contributed by atoms with E-state index < -0.39 is 23.8 Å². The molecule has 6 atom stereocenters. The average molecular weight is 981 g/mol. The van der Waals surface area contributed by atoms with E-state index in [4.69, 9.17) is 33.7 Å². The fraction of sp³-hybridized carbons (Fsp3) is 0.593. The smallest absolute Gasteiger partial charge is 0.410 e. The van der Waals surface area contributed by atoms with Gasteiger partial charge in [-0.15, -0.1) is 6.58 Å². The normalized spacial score (nSPS) is 21.7. The Bertz CT molecular complexity index is 2130. The molecule has 3 aromatic rings. The third-order valence-electron chi connectivity index (χ3n) is 14.7. The number of benzene rings is 3. The highest BCUT2D eigenvalue weighted by atomic mass is 16.7. The molecule has 1 amide bonds. The summed E-state index contributed by atoms with van der Waals surface area (Å²) in [5, 5.41) is 34.8. The molecule has 1 heterocycles.